The summed E-state index contributed by atoms with van der Waals surface area (Å²) < 4.78 is 13.4. The third kappa shape index (κ3) is 5.71. The van der Waals surface area contributed by atoms with Crippen molar-refractivity contribution in [2.24, 2.45) is 0 Å². The number of hydrogen-bond acceptors (Lipinski definition) is 2. The Kier molecular flexibility index (Phi) is 6.11. The monoisotopic (exact) mass is 334 g/mol. The van der Waals surface area contributed by atoms with Gasteiger partial charge in [-0.1, -0.05) is 35.9 Å². The second-order valence-electron chi connectivity index (χ2n) is 4.93. The molecule has 120 valence electrons. The number of carbonyl (C=O) groups is 2. The molecular formula is C17H16ClFN2O2. The molecule has 23 heavy (non-hydrogen) atoms. The van der Waals surface area contributed by atoms with E-state index in [2.05, 4.69) is 10.6 Å². The largest absolute Gasteiger partial charge is 0.355 e. The molecule has 0 aliphatic carbocycles. The number of anilines is 1. The first-order chi connectivity index (χ1) is 11.0. The lowest BCUT2D eigenvalue weighted by molar-refractivity contribution is -0.126. The number of hydrogen-bond donors (Lipinski definition) is 2. The van der Waals surface area contributed by atoms with Gasteiger partial charge in [0.05, 0.1) is 0 Å². The van der Waals surface area contributed by atoms with E-state index in [0.29, 0.717) is 22.7 Å². The molecule has 0 fully saturated rings. The molecule has 0 radical (unpaired) electrons. The maximum Gasteiger partial charge on any atom is 0.233 e. The van der Waals surface area contributed by atoms with Crippen LogP contribution in [-0.4, -0.2) is 18.4 Å². The van der Waals surface area contributed by atoms with Gasteiger partial charge in [0.15, 0.2) is 0 Å². The molecule has 2 aromatic rings. The molecule has 2 aromatic carbocycles. The first-order valence-electron chi connectivity index (χ1n) is 7.10. The molecule has 0 bridgehead atoms. The normalized spacial score (nSPS) is 10.2. The fraction of sp³-hybridized carbons (Fsp3) is 0.176. The lowest BCUT2D eigenvalue weighted by atomic mass is 10.1. The van der Waals surface area contributed by atoms with Crippen LogP contribution in [0.15, 0.2) is 48.5 Å². The van der Waals surface area contributed by atoms with Gasteiger partial charge in [-0.2, -0.15) is 0 Å². The summed E-state index contributed by atoms with van der Waals surface area (Å²) in [6.07, 6.45) is 0.0676. The fourth-order valence-corrected chi connectivity index (χ4v) is 2.21. The summed E-state index contributed by atoms with van der Waals surface area (Å²) in [4.78, 5) is 23.4. The van der Waals surface area contributed by atoms with Crippen molar-refractivity contribution in [3.63, 3.8) is 0 Å². The van der Waals surface area contributed by atoms with E-state index in [4.69, 9.17) is 11.6 Å². The minimum Gasteiger partial charge on any atom is -0.355 e. The molecule has 4 nitrogen and oxygen atoms in total. The van der Waals surface area contributed by atoms with Crippen LogP contribution < -0.4 is 10.6 Å². The van der Waals surface area contributed by atoms with E-state index in [0.717, 1.165) is 0 Å². The van der Waals surface area contributed by atoms with E-state index in [1.165, 1.54) is 6.07 Å². The summed E-state index contributed by atoms with van der Waals surface area (Å²) >= 11 is 5.81. The number of carbonyl (C=O) groups excluding carboxylic acids is 2. The van der Waals surface area contributed by atoms with Crippen molar-refractivity contribution in [1.29, 1.82) is 0 Å². The molecule has 0 saturated carbocycles. The molecule has 0 unspecified atom stereocenters. The Labute approximate surface area is 138 Å². The molecule has 2 amide bonds. The summed E-state index contributed by atoms with van der Waals surface area (Å²) in [5, 5.41) is 5.68. The van der Waals surface area contributed by atoms with Crippen LogP contribution in [0.25, 0.3) is 0 Å². The highest BCUT2D eigenvalue weighted by Crippen LogP contribution is 2.14. The highest BCUT2D eigenvalue weighted by Gasteiger charge is 2.10. The van der Waals surface area contributed by atoms with Gasteiger partial charge < -0.3 is 10.6 Å². The van der Waals surface area contributed by atoms with Crippen LogP contribution in [0.4, 0.5) is 10.1 Å². The number of amides is 2. The smallest absolute Gasteiger partial charge is 0.233 e. The fourth-order valence-electron chi connectivity index (χ4n) is 2.02. The van der Waals surface area contributed by atoms with Crippen molar-refractivity contribution in [3.05, 3.63) is 64.9 Å². The van der Waals surface area contributed by atoms with Gasteiger partial charge in [-0.25, -0.2) is 4.39 Å². The van der Waals surface area contributed by atoms with Crippen LogP contribution >= 0.6 is 11.6 Å². The molecule has 0 spiro atoms. The summed E-state index contributed by atoms with van der Waals surface area (Å²) in [6, 6.07) is 13.0. The van der Waals surface area contributed by atoms with Crippen molar-refractivity contribution in [3.8, 4) is 0 Å². The first-order valence-corrected chi connectivity index (χ1v) is 7.48. The van der Waals surface area contributed by atoms with Crippen LogP contribution in [0, 0.1) is 5.82 Å². The van der Waals surface area contributed by atoms with E-state index in [-0.39, 0.29) is 18.8 Å². The lowest BCUT2D eigenvalue weighted by Gasteiger charge is -2.07. The van der Waals surface area contributed by atoms with Crippen LogP contribution in [-0.2, 0) is 16.0 Å². The Morgan fingerprint density at radius 3 is 2.57 bits per heavy atom. The van der Waals surface area contributed by atoms with Crippen LogP contribution in [0.5, 0.6) is 0 Å². The molecule has 0 heterocycles. The Hall–Kier alpha value is -2.40. The molecule has 0 saturated heterocycles. The zero-order valence-electron chi connectivity index (χ0n) is 12.3. The molecule has 2 rings (SSSR count). The third-order valence-electron chi connectivity index (χ3n) is 3.10. The van der Waals surface area contributed by atoms with Gasteiger partial charge in [-0.05, 0) is 36.2 Å². The van der Waals surface area contributed by atoms with E-state index in [1.54, 1.807) is 42.5 Å². The van der Waals surface area contributed by atoms with Gasteiger partial charge in [-0.15, -0.1) is 0 Å². The molecular weight excluding hydrogens is 319 g/mol. The van der Waals surface area contributed by atoms with Crippen LogP contribution in [0.2, 0.25) is 5.02 Å². The maximum atomic E-state index is 13.4. The highest BCUT2D eigenvalue weighted by atomic mass is 35.5. The SMILES string of the molecule is O=C(CC(=O)Nc1cccc(Cl)c1)NCCc1ccccc1F. The second kappa shape index (κ2) is 8.29. The molecule has 6 heteroatoms. The summed E-state index contributed by atoms with van der Waals surface area (Å²) in [5.74, 6) is -1.16. The Balaban J connectivity index is 1.74. The predicted octanol–water partition coefficient (Wildman–Crippen LogP) is 3.17. The van der Waals surface area contributed by atoms with E-state index < -0.39 is 11.8 Å². The summed E-state index contributed by atoms with van der Waals surface area (Å²) in [6.45, 7) is 0.268. The minimum atomic E-state index is -0.435. The molecule has 0 aliphatic rings. The zero-order chi connectivity index (χ0) is 16.7. The Morgan fingerprint density at radius 2 is 1.83 bits per heavy atom. The minimum absolute atomic E-state index is 0.268. The number of rotatable bonds is 6. The van der Waals surface area contributed by atoms with Gasteiger partial charge >= 0.3 is 0 Å². The van der Waals surface area contributed by atoms with Gasteiger partial charge in [0.2, 0.25) is 11.8 Å². The van der Waals surface area contributed by atoms with Crippen molar-refractivity contribution >= 4 is 29.1 Å². The van der Waals surface area contributed by atoms with E-state index >= 15 is 0 Å². The third-order valence-corrected chi connectivity index (χ3v) is 3.34. The van der Waals surface area contributed by atoms with Crippen LogP contribution in [0.1, 0.15) is 12.0 Å². The molecule has 0 aromatic heterocycles. The first kappa shape index (κ1) is 17.0. The standard InChI is InChI=1S/C17H16ClFN2O2/c18-13-5-3-6-14(10-13)21-17(23)11-16(22)20-9-8-12-4-1-2-7-15(12)19/h1-7,10H,8-9,11H2,(H,20,22)(H,21,23). The quantitative estimate of drug-likeness (QED) is 0.797. The average molecular weight is 335 g/mol. The second-order valence-corrected chi connectivity index (χ2v) is 5.36. The molecule has 0 atom stereocenters. The summed E-state index contributed by atoms with van der Waals surface area (Å²) in [7, 11) is 0. The van der Waals surface area contributed by atoms with Crippen molar-refractivity contribution < 1.29 is 14.0 Å². The number of nitrogens with one attached hydrogen (secondary N) is 2. The Bertz CT molecular complexity index is 706. The van der Waals surface area contributed by atoms with Gasteiger partial charge in [0, 0.05) is 17.3 Å². The van der Waals surface area contributed by atoms with Gasteiger partial charge in [0.1, 0.15) is 12.2 Å². The lowest BCUT2D eigenvalue weighted by Crippen LogP contribution is -2.29. The van der Waals surface area contributed by atoms with Crippen molar-refractivity contribution in [2.75, 3.05) is 11.9 Å². The maximum absolute atomic E-state index is 13.4. The topological polar surface area (TPSA) is 58.2 Å². The number of halogens is 2. The summed E-state index contributed by atoms with van der Waals surface area (Å²) in [5.41, 5.74) is 1.05. The van der Waals surface area contributed by atoms with Gasteiger partial charge in [-0.3, -0.25) is 9.59 Å². The van der Waals surface area contributed by atoms with E-state index in [1.807, 2.05) is 0 Å². The molecule has 0 aliphatic heterocycles. The van der Waals surface area contributed by atoms with Crippen molar-refractivity contribution in [2.45, 2.75) is 12.8 Å². The van der Waals surface area contributed by atoms with E-state index in [9.17, 15) is 14.0 Å². The average Bonchev–Trinajstić information content (AvgIpc) is 2.49. The van der Waals surface area contributed by atoms with Crippen molar-refractivity contribution in [1.82, 2.24) is 5.32 Å². The van der Waals surface area contributed by atoms with Crippen LogP contribution in [0.3, 0.4) is 0 Å². The Morgan fingerprint density at radius 1 is 1.04 bits per heavy atom. The predicted molar refractivity (Wildman–Crippen MR) is 87.8 cm³/mol. The highest BCUT2D eigenvalue weighted by molar-refractivity contribution is 6.30. The van der Waals surface area contributed by atoms with Gasteiger partial charge in [0.25, 0.3) is 0 Å². The molecule has 2 N–H and O–H groups in total. The number of benzene rings is 2. The zero-order valence-corrected chi connectivity index (χ0v) is 13.1.